The summed E-state index contributed by atoms with van der Waals surface area (Å²) < 4.78 is 31.6. The van der Waals surface area contributed by atoms with E-state index in [9.17, 15) is 0 Å². The summed E-state index contributed by atoms with van der Waals surface area (Å²) in [5, 5.41) is 6.63. The van der Waals surface area contributed by atoms with Crippen molar-refractivity contribution in [1.29, 1.82) is 0 Å². The molecule has 4 N–H and O–H groups in total. The maximum Gasteiger partial charge on any atom is 0.394 e. The molecule has 0 aromatic rings. The zero-order valence-electron chi connectivity index (χ0n) is 11.9. The zero-order chi connectivity index (χ0) is 14.7. The average molecular weight is 296 g/mol. The van der Waals surface area contributed by atoms with Crippen molar-refractivity contribution in [1.82, 2.24) is 10.6 Å². The number of nitrogens with one attached hydrogen (secondary N) is 2. The summed E-state index contributed by atoms with van der Waals surface area (Å²) in [6.07, 6.45) is 5.50. The van der Waals surface area contributed by atoms with Crippen molar-refractivity contribution in [3.05, 3.63) is 0 Å². The van der Waals surface area contributed by atoms with Crippen LogP contribution >= 0.6 is 0 Å². The van der Waals surface area contributed by atoms with Crippen molar-refractivity contribution in [2.24, 2.45) is 11.8 Å². The van der Waals surface area contributed by atoms with E-state index in [0.29, 0.717) is 0 Å². The second-order valence-electron chi connectivity index (χ2n) is 5.31. The molecule has 0 bridgehead atoms. The van der Waals surface area contributed by atoms with Gasteiger partial charge < -0.3 is 10.6 Å². The molecule has 2 fully saturated rings. The lowest BCUT2D eigenvalue weighted by atomic mass is 10.0. The van der Waals surface area contributed by atoms with Crippen molar-refractivity contribution in [3.8, 4) is 0 Å². The number of rotatable bonds is 0. The van der Waals surface area contributed by atoms with Crippen LogP contribution in [0.1, 0.15) is 39.5 Å². The molecule has 0 radical (unpaired) electrons. The van der Waals surface area contributed by atoms with Crippen LogP contribution in [0.3, 0.4) is 0 Å². The third-order valence-electron chi connectivity index (χ3n) is 3.26. The quantitative estimate of drug-likeness (QED) is 0.504. The Balaban J connectivity index is 0.000000261. The topological polar surface area (TPSA) is 98.7 Å². The Morgan fingerprint density at radius 3 is 1.11 bits per heavy atom. The van der Waals surface area contributed by atoms with E-state index >= 15 is 0 Å². The molecule has 7 heteroatoms. The molecule has 0 aromatic carbocycles. The van der Waals surface area contributed by atoms with Gasteiger partial charge in [0.15, 0.2) is 0 Å². The van der Waals surface area contributed by atoms with Crippen LogP contribution in [0.25, 0.3) is 0 Å². The van der Waals surface area contributed by atoms with Crippen LogP contribution in [0.15, 0.2) is 0 Å². The Morgan fingerprint density at radius 2 is 1.00 bits per heavy atom. The standard InChI is InChI=1S/2C6H13N.H2O4S/c2*1-6-2-4-7-5-3-6;1-5(2,3)4/h2*6-7H,2-5H2,1H3;(H2,1,2,3,4). The van der Waals surface area contributed by atoms with E-state index in [1.54, 1.807) is 0 Å². The first kappa shape index (κ1) is 18.8. The molecular formula is C12H28N2O4S. The van der Waals surface area contributed by atoms with Crippen molar-refractivity contribution in [2.75, 3.05) is 26.2 Å². The molecule has 0 saturated carbocycles. The minimum absolute atomic E-state index is 0.973. The summed E-state index contributed by atoms with van der Waals surface area (Å²) in [5.74, 6) is 1.95. The number of hydrogen-bond acceptors (Lipinski definition) is 4. The molecule has 0 aliphatic carbocycles. The zero-order valence-corrected chi connectivity index (χ0v) is 12.7. The Morgan fingerprint density at radius 1 is 0.789 bits per heavy atom. The third kappa shape index (κ3) is 17.8. The molecule has 116 valence electrons. The van der Waals surface area contributed by atoms with E-state index in [1.165, 1.54) is 51.9 Å². The summed E-state index contributed by atoms with van der Waals surface area (Å²) in [4.78, 5) is 0. The van der Waals surface area contributed by atoms with Gasteiger partial charge >= 0.3 is 10.4 Å². The van der Waals surface area contributed by atoms with E-state index in [4.69, 9.17) is 17.5 Å². The van der Waals surface area contributed by atoms with E-state index in [0.717, 1.165) is 11.8 Å². The molecular weight excluding hydrogens is 268 g/mol. The lowest BCUT2D eigenvalue weighted by Crippen LogP contribution is -2.26. The fourth-order valence-electron chi connectivity index (χ4n) is 1.93. The summed E-state index contributed by atoms with van der Waals surface area (Å²) in [5.41, 5.74) is 0. The van der Waals surface area contributed by atoms with E-state index in [1.807, 2.05) is 0 Å². The molecule has 0 aromatic heterocycles. The highest BCUT2D eigenvalue weighted by atomic mass is 32.3. The van der Waals surface area contributed by atoms with Gasteiger partial charge in [-0.05, 0) is 63.7 Å². The molecule has 0 amide bonds. The summed E-state index contributed by atoms with van der Waals surface area (Å²) in [7, 11) is -4.67. The van der Waals surface area contributed by atoms with Crippen LogP contribution in [0, 0.1) is 11.8 Å². The molecule has 0 spiro atoms. The Hall–Kier alpha value is -0.210. The maximum atomic E-state index is 8.74. The first-order valence-electron chi connectivity index (χ1n) is 6.90. The highest BCUT2D eigenvalue weighted by Crippen LogP contribution is 2.08. The lowest BCUT2D eigenvalue weighted by Gasteiger charge is -2.17. The van der Waals surface area contributed by atoms with Crippen LogP contribution in [0.4, 0.5) is 0 Å². The largest absolute Gasteiger partial charge is 0.394 e. The van der Waals surface area contributed by atoms with Gasteiger partial charge in [0.1, 0.15) is 0 Å². The molecule has 2 aliphatic heterocycles. The van der Waals surface area contributed by atoms with Crippen LogP contribution in [0.2, 0.25) is 0 Å². The third-order valence-corrected chi connectivity index (χ3v) is 3.26. The van der Waals surface area contributed by atoms with Crippen molar-refractivity contribution < 1.29 is 17.5 Å². The number of hydrogen-bond donors (Lipinski definition) is 4. The maximum absolute atomic E-state index is 8.74. The SMILES string of the molecule is CC1CCNCC1.CC1CCNCC1.O=S(=O)(O)O. The highest BCUT2D eigenvalue weighted by molar-refractivity contribution is 7.79. The van der Waals surface area contributed by atoms with Gasteiger partial charge in [0.25, 0.3) is 0 Å². The minimum atomic E-state index is -4.67. The summed E-state index contributed by atoms with van der Waals surface area (Å²) in [6, 6.07) is 0. The Kier molecular flexibility index (Phi) is 10.4. The van der Waals surface area contributed by atoms with Gasteiger partial charge in [-0.2, -0.15) is 8.42 Å². The lowest BCUT2D eigenvalue weighted by molar-refractivity contribution is 0.381. The Labute approximate surface area is 116 Å². The van der Waals surface area contributed by atoms with E-state index in [2.05, 4.69) is 24.5 Å². The minimum Gasteiger partial charge on any atom is -0.317 e. The fourth-order valence-corrected chi connectivity index (χ4v) is 1.93. The highest BCUT2D eigenvalue weighted by Gasteiger charge is 2.05. The number of piperidine rings is 2. The van der Waals surface area contributed by atoms with Gasteiger partial charge in [-0.3, -0.25) is 9.11 Å². The molecule has 2 saturated heterocycles. The van der Waals surface area contributed by atoms with Gasteiger partial charge in [-0.1, -0.05) is 13.8 Å². The monoisotopic (exact) mass is 296 g/mol. The molecule has 0 unspecified atom stereocenters. The molecule has 2 rings (SSSR count). The summed E-state index contributed by atoms with van der Waals surface area (Å²) >= 11 is 0. The average Bonchev–Trinajstić information content (AvgIpc) is 2.29. The van der Waals surface area contributed by atoms with E-state index in [-0.39, 0.29) is 0 Å². The Bertz CT molecular complexity index is 273. The van der Waals surface area contributed by atoms with Gasteiger partial charge in [-0.15, -0.1) is 0 Å². The van der Waals surface area contributed by atoms with Gasteiger partial charge in [0, 0.05) is 0 Å². The van der Waals surface area contributed by atoms with E-state index < -0.39 is 10.4 Å². The summed E-state index contributed by atoms with van der Waals surface area (Å²) in [6.45, 7) is 9.59. The van der Waals surface area contributed by atoms with Crippen LogP contribution < -0.4 is 10.6 Å². The van der Waals surface area contributed by atoms with Gasteiger partial charge in [0.2, 0.25) is 0 Å². The van der Waals surface area contributed by atoms with Crippen molar-refractivity contribution in [2.45, 2.75) is 39.5 Å². The molecule has 0 atom stereocenters. The first-order chi connectivity index (χ1) is 8.79. The van der Waals surface area contributed by atoms with Crippen molar-refractivity contribution in [3.63, 3.8) is 0 Å². The predicted octanol–water partition coefficient (Wildman–Crippen LogP) is 1.36. The fraction of sp³-hybridized carbons (Fsp3) is 1.00. The molecule has 2 aliphatic rings. The second-order valence-corrected chi connectivity index (χ2v) is 6.21. The second kappa shape index (κ2) is 10.6. The van der Waals surface area contributed by atoms with Crippen LogP contribution in [-0.4, -0.2) is 43.7 Å². The van der Waals surface area contributed by atoms with Gasteiger partial charge in [0.05, 0.1) is 0 Å². The molecule has 2 heterocycles. The predicted molar refractivity (Wildman–Crippen MR) is 76.7 cm³/mol. The molecule has 19 heavy (non-hydrogen) atoms. The normalized spacial score (nSPS) is 21.7. The van der Waals surface area contributed by atoms with Gasteiger partial charge in [-0.25, -0.2) is 0 Å². The molecule has 6 nitrogen and oxygen atoms in total. The van der Waals surface area contributed by atoms with Crippen LogP contribution in [-0.2, 0) is 10.4 Å². The van der Waals surface area contributed by atoms with Crippen molar-refractivity contribution >= 4 is 10.4 Å². The van der Waals surface area contributed by atoms with Crippen LogP contribution in [0.5, 0.6) is 0 Å². The smallest absolute Gasteiger partial charge is 0.317 e. The first-order valence-corrected chi connectivity index (χ1v) is 8.30.